The Morgan fingerprint density at radius 2 is 2.21 bits per heavy atom. The summed E-state index contributed by atoms with van der Waals surface area (Å²) in [6, 6.07) is 0. The van der Waals surface area contributed by atoms with Crippen molar-refractivity contribution in [1.29, 1.82) is 0 Å². The Morgan fingerprint density at radius 1 is 1.50 bits per heavy atom. The number of carbonyl (C=O) groups is 1. The van der Waals surface area contributed by atoms with Crippen molar-refractivity contribution >= 4 is 18.9 Å². The van der Waals surface area contributed by atoms with Gasteiger partial charge in [0.2, 0.25) is 0 Å². The second kappa shape index (κ2) is 5.52. The molecule has 2 heterocycles. The minimum absolute atomic E-state index is 0. The Balaban J connectivity index is 0.000000980. The molecule has 0 saturated carbocycles. The Morgan fingerprint density at radius 3 is 2.93 bits per heavy atom. The van der Waals surface area contributed by atoms with E-state index in [-0.39, 0.29) is 63.6 Å². The van der Waals surface area contributed by atoms with Gasteiger partial charge in [0, 0.05) is 19.0 Å². The number of carbonyl (C=O) groups excluding carboxylic acids is 1. The zero-order valence-electron chi connectivity index (χ0n) is 8.35. The summed E-state index contributed by atoms with van der Waals surface area (Å²) in [7, 11) is 3.84. The van der Waals surface area contributed by atoms with Crippen molar-refractivity contribution in [3.05, 3.63) is 7.05 Å². The van der Waals surface area contributed by atoms with Crippen molar-refractivity contribution in [2.75, 3.05) is 19.6 Å². The Hall–Kier alpha value is 1.22. The number of thiol groups is 1. The molecule has 0 spiro atoms. The summed E-state index contributed by atoms with van der Waals surface area (Å²) in [4.78, 5) is 13.1. The van der Waals surface area contributed by atoms with E-state index in [1.54, 1.807) is 0 Å². The van der Waals surface area contributed by atoms with Gasteiger partial charge in [-0.2, -0.15) is 0 Å². The molecule has 1 amide bonds. The van der Waals surface area contributed by atoms with Crippen molar-refractivity contribution < 1.29 is 60.9 Å². The minimum Gasteiger partial charge on any atom is -0.456 e. The van der Waals surface area contributed by atoms with Crippen LogP contribution >= 0.6 is 12.8 Å². The zero-order valence-corrected chi connectivity index (χ0v) is 12.4. The predicted octanol–water partition coefficient (Wildman–Crippen LogP) is -2.23. The molecule has 2 atom stereocenters. The van der Waals surface area contributed by atoms with Crippen LogP contribution in [0.5, 0.6) is 0 Å². The SMILES string of the molecule is [CH2-]N1CC[C@@H]2CN(S)C(=O)O[C@H]2C1.[K+]. The van der Waals surface area contributed by atoms with E-state index in [0.717, 1.165) is 19.5 Å². The molecule has 4 nitrogen and oxygen atoms in total. The van der Waals surface area contributed by atoms with Crippen molar-refractivity contribution in [2.45, 2.75) is 12.5 Å². The normalized spacial score (nSPS) is 33.0. The van der Waals surface area contributed by atoms with Gasteiger partial charge in [-0.3, -0.25) is 11.4 Å². The largest absolute Gasteiger partial charge is 1.00 e. The van der Waals surface area contributed by atoms with E-state index >= 15 is 0 Å². The second-order valence-electron chi connectivity index (χ2n) is 3.63. The van der Waals surface area contributed by atoms with Crippen LogP contribution < -0.4 is 51.4 Å². The first-order chi connectivity index (χ1) is 6.16. The molecule has 2 saturated heterocycles. The van der Waals surface area contributed by atoms with Crippen LogP contribution in [0.4, 0.5) is 4.79 Å². The van der Waals surface area contributed by atoms with Crippen molar-refractivity contribution in [3.8, 4) is 0 Å². The summed E-state index contributed by atoms with van der Waals surface area (Å²) in [6.45, 7) is 2.42. The van der Waals surface area contributed by atoms with E-state index in [0.29, 0.717) is 12.5 Å². The standard InChI is InChI=1S/C8H13N2O2S.K/c1-9-3-2-6-4-10(13)8(11)12-7(6)5-9;/h6-7,13H,1-5H2;/q-1;+1/t6-,7+;/m1./s1. The number of nitrogens with zero attached hydrogens (tertiary/aromatic N) is 2. The molecule has 6 heteroatoms. The fourth-order valence-electron chi connectivity index (χ4n) is 1.86. The maximum absolute atomic E-state index is 11.1. The number of fused-ring (bicyclic) bond motifs is 1. The molecule has 0 aromatic rings. The van der Waals surface area contributed by atoms with Gasteiger partial charge in [-0.05, 0) is 13.0 Å². The first-order valence-electron chi connectivity index (χ1n) is 4.39. The predicted molar refractivity (Wildman–Crippen MR) is 51.0 cm³/mol. The molecule has 0 bridgehead atoms. The molecule has 0 unspecified atom stereocenters. The maximum atomic E-state index is 11.1. The minimum atomic E-state index is -0.333. The molecule has 14 heavy (non-hydrogen) atoms. The van der Waals surface area contributed by atoms with Gasteiger partial charge in [-0.15, -0.1) is 0 Å². The number of hydrogen-bond acceptors (Lipinski definition) is 4. The number of rotatable bonds is 0. The Labute approximate surface area is 132 Å². The Kier molecular flexibility index (Phi) is 5.23. The molecular weight excluding hydrogens is 227 g/mol. The Bertz CT molecular complexity index is 229. The second-order valence-corrected chi connectivity index (χ2v) is 4.11. The molecule has 2 aliphatic heterocycles. The molecule has 0 radical (unpaired) electrons. The summed E-state index contributed by atoms with van der Waals surface area (Å²) in [5.41, 5.74) is 0. The number of hydrogen-bond donors (Lipinski definition) is 1. The monoisotopic (exact) mass is 240 g/mol. The molecule has 2 rings (SSSR count). The summed E-state index contributed by atoms with van der Waals surface area (Å²) in [5.74, 6) is 0.424. The van der Waals surface area contributed by atoms with Gasteiger partial charge < -0.3 is 9.64 Å². The van der Waals surface area contributed by atoms with E-state index in [1.807, 2.05) is 4.90 Å². The van der Waals surface area contributed by atoms with Crippen LogP contribution in [-0.2, 0) is 4.74 Å². The average molecular weight is 240 g/mol. The van der Waals surface area contributed by atoms with Crippen LogP contribution in [0, 0.1) is 13.0 Å². The van der Waals surface area contributed by atoms with E-state index in [9.17, 15) is 4.79 Å². The first-order valence-corrected chi connectivity index (χ1v) is 4.79. The van der Waals surface area contributed by atoms with Crippen LogP contribution in [0.3, 0.4) is 0 Å². The summed E-state index contributed by atoms with van der Waals surface area (Å²) in [6.07, 6.45) is 0.709. The van der Waals surface area contributed by atoms with Crippen LogP contribution in [0.1, 0.15) is 6.42 Å². The topological polar surface area (TPSA) is 32.8 Å². The number of likely N-dealkylation sites (tertiary alicyclic amines) is 1. The summed E-state index contributed by atoms with van der Waals surface area (Å²) < 4.78 is 6.55. The number of ether oxygens (including phenoxy) is 1. The first kappa shape index (κ1) is 13.3. The van der Waals surface area contributed by atoms with E-state index in [1.165, 1.54) is 4.31 Å². The van der Waals surface area contributed by atoms with E-state index in [4.69, 9.17) is 4.74 Å². The molecule has 0 aromatic carbocycles. The van der Waals surface area contributed by atoms with Gasteiger partial charge in [0.15, 0.2) is 0 Å². The quantitative estimate of drug-likeness (QED) is 0.295. The van der Waals surface area contributed by atoms with Gasteiger partial charge in [-0.25, -0.2) is 4.79 Å². The van der Waals surface area contributed by atoms with Crippen LogP contribution in [-0.4, -0.2) is 41.0 Å². The van der Waals surface area contributed by atoms with Gasteiger partial charge in [0.05, 0.1) is 0 Å². The van der Waals surface area contributed by atoms with Gasteiger partial charge >= 0.3 is 57.5 Å². The van der Waals surface area contributed by atoms with Crippen molar-refractivity contribution in [3.63, 3.8) is 0 Å². The fourth-order valence-corrected chi connectivity index (χ4v) is 2.12. The van der Waals surface area contributed by atoms with Gasteiger partial charge in [0.1, 0.15) is 6.10 Å². The van der Waals surface area contributed by atoms with Gasteiger partial charge in [0.25, 0.3) is 0 Å². The number of piperidine rings is 1. The van der Waals surface area contributed by atoms with Crippen LogP contribution in [0.2, 0.25) is 0 Å². The van der Waals surface area contributed by atoms with Crippen LogP contribution in [0.25, 0.3) is 0 Å². The molecule has 74 valence electrons. The third-order valence-electron chi connectivity index (χ3n) is 2.65. The molecule has 0 aromatic heterocycles. The molecule has 2 aliphatic rings. The number of amides is 1. The zero-order chi connectivity index (χ0) is 9.42. The van der Waals surface area contributed by atoms with Gasteiger partial charge in [-0.1, -0.05) is 12.8 Å². The third kappa shape index (κ3) is 2.87. The fraction of sp³-hybridized carbons (Fsp3) is 0.750. The van der Waals surface area contributed by atoms with E-state index < -0.39 is 0 Å². The molecule has 0 N–H and O–H groups in total. The van der Waals surface area contributed by atoms with Crippen molar-refractivity contribution in [2.24, 2.45) is 5.92 Å². The summed E-state index contributed by atoms with van der Waals surface area (Å²) in [5, 5.41) is 0. The smallest absolute Gasteiger partial charge is 0.456 e. The molecule has 2 fully saturated rings. The molecular formula is C8H13KN2O2S. The maximum Gasteiger partial charge on any atom is 1.00 e. The average Bonchev–Trinajstić information content (AvgIpc) is 2.08. The summed E-state index contributed by atoms with van der Waals surface area (Å²) >= 11 is 4.03. The van der Waals surface area contributed by atoms with Crippen LogP contribution in [0.15, 0.2) is 0 Å². The van der Waals surface area contributed by atoms with E-state index in [2.05, 4.69) is 19.9 Å². The third-order valence-corrected chi connectivity index (χ3v) is 2.98. The van der Waals surface area contributed by atoms with Crippen molar-refractivity contribution in [1.82, 2.24) is 9.21 Å². The molecule has 0 aliphatic carbocycles.